The summed E-state index contributed by atoms with van der Waals surface area (Å²) in [5.41, 5.74) is 1.62. The molecule has 0 aromatic carbocycles. The lowest BCUT2D eigenvalue weighted by Crippen LogP contribution is -2.42. The molecule has 1 aromatic rings. The molecular formula is C17H22N4O. The quantitative estimate of drug-likeness (QED) is 0.839. The normalized spacial score (nSPS) is 19.3. The number of nitriles is 1. The van der Waals surface area contributed by atoms with Crippen molar-refractivity contribution in [3.63, 3.8) is 0 Å². The van der Waals surface area contributed by atoms with Crippen molar-refractivity contribution < 1.29 is 4.79 Å². The third-order valence-corrected chi connectivity index (χ3v) is 4.81. The van der Waals surface area contributed by atoms with Gasteiger partial charge in [0, 0.05) is 38.3 Å². The van der Waals surface area contributed by atoms with Gasteiger partial charge in [-0.05, 0) is 44.2 Å². The standard InChI is InChI=1S/C17H22N4O/c1-13-4-7-19-16(15(13)12-18)20-10-5-14(6-11-20)17(22)21-8-2-3-9-21/h4,7,14H,2-3,5-6,8-11H2,1H3. The largest absolute Gasteiger partial charge is 0.355 e. The predicted molar refractivity (Wildman–Crippen MR) is 84.4 cm³/mol. The second kappa shape index (κ2) is 6.35. The molecule has 0 atom stereocenters. The molecule has 2 saturated heterocycles. The molecule has 1 aromatic heterocycles. The summed E-state index contributed by atoms with van der Waals surface area (Å²) in [6.07, 6.45) is 5.76. The second-order valence-corrected chi connectivity index (χ2v) is 6.23. The number of piperidine rings is 1. The van der Waals surface area contributed by atoms with Crippen molar-refractivity contribution in [1.29, 1.82) is 5.26 Å². The highest BCUT2D eigenvalue weighted by molar-refractivity contribution is 5.79. The monoisotopic (exact) mass is 298 g/mol. The van der Waals surface area contributed by atoms with E-state index in [9.17, 15) is 10.1 Å². The Bertz CT molecular complexity index is 593. The molecule has 0 spiro atoms. The van der Waals surface area contributed by atoms with Crippen LogP contribution in [-0.2, 0) is 4.79 Å². The van der Waals surface area contributed by atoms with E-state index in [0.29, 0.717) is 11.5 Å². The Hall–Kier alpha value is -2.09. The number of aromatic nitrogens is 1. The zero-order valence-corrected chi connectivity index (χ0v) is 13.1. The molecule has 5 heteroatoms. The zero-order valence-electron chi connectivity index (χ0n) is 13.1. The highest BCUT2D eigenvalue weighted by atomic mass is 16.2. The number of hydrogen-bond donors (Lipinski definition) is 0. The summed E-state index contributed by atoms with van der Waals surface area (Å²) in [7, 11) is 0. The fourth-order valence-corrected chi connectivity index (χ4v) is 3.46. The van der Waals surface area contributed by atoms with Crippen LogP contribution in [0.3, 0.4) is 0 Å². The third-order valence-electron chi connectivity index (χ3n) is 4.81. The Labute approximate surface area is 131 Å². The Morgan fingerprint density at radius 2 is 1.95 bits per heavy atom. The molecule has 3 rings (SSSR count). The van der Waals surface area contributed by atoms with Crippen molar-refractivity contribution in [2.75, 3.05) is 31.1 Å². The van der Waals surface area contributed by atoms with E-state index in [2.05, 4.69) is 16.0 Å². The molecule has 3 heterocycles. The van der Waals surface area contributed by atoms with Gasteiger partial charge in [-0.3, -0.25) is 4.79 Å². The molecule has 0 bridgehead atoms. The Kier molecular flexibility index (Phi) is 4.28. The molecule has 0 N–H and O–H groups in total. The van der Waals surface area contributed by atoms with Gasteiger partial charge < -0.3 is 9.80 Å². The van der Waals surface area contributed by atoms with Crippen molar-refractivity contribution in [2.24, 2.45) is 5.92 Å². The summed E-state index contributed by atoms with van der Waals surface area (Å²) in [5.74, 6) is 1.24. The molecule has 2 fully saturated rings. The van der Waals surface area contributed by atoms with Gasteiger partial charge in [-0.2, -0.15) is 5.26 Å². The van der Waals surface area contributed by atoms with Gasteiger partial charge in [0.15, 0.2) is 0 Å². The summed E-state index contributed by atoms with van der Waals surface area (Å²) in [6, 6.07) is 4.13. The van der Waals surface area contributed by atoms with Crippen molar-refractivity contribution in [2.45, 2.75) is 32.6 Å². The maximum absolute atomic E-state index is 12.5. The van der Waals surface area contributed by atoms with E-state index in [1.54, 1.807) is 6.20 Å². The van der Waals surface area contributed by atoms with Gasteiger partial charge in [0.2, 0.25) is 5.91 Å². The van der Waals surface area contributed by atoms with E-state index in [4.69, 9.17) is 0 Å². The number of aryl methyl sites for hydroxylation is 1. The number of amides is 1. The van der Waals surface area contributed by atoms with Crippen LogP contribution in [-0.4, -0.2) is 42.0 Å². The highest BCUT2D eigenvalue weighted by Gasteiger charge is 2.30. The maximum atomic E-state index is 12.5. The van der Waals surface area contributed by atoms with Crippen LogP contribution in [0.4, 0.5) is 5.82 Å². The SMILES string of the molecule is Cc1ccnc(N2CCC(C(=O)N3CCCC3)CC2)c1C#N. The van der Waals surface area contributed by atoms with Crippen LogP contribution in [0.15, 0.2) is 12.3 Å². The smallest absolute Gasteiger partial charge is 0.225 e. The number of rotatable bonds is 2. The maximum Gasteiger partial charge on any atom is 0.225 e. The molecule has 116 valence electrons. The molecule has 1 amide bonds. The van der Waals surface area contributed by atoms with Crippen LogP contribution >= 0.6 is 0 Å². The first-order valence-corrected chi connectivity index (χ1v) is 8.10. The fourth-order valence-electron chi connectivity index (χ4n) is 3.46. The minimum Gasteiger partial charge on any atom is -0.355 e. The zero-order chi connectivity index (χ0) is 15.5. The van der Waals surface area contributed by atoms with Crippen LogP contribution in [0.5, 0.6) is 0 Å². The Morgan fingerprint density at radius 3 is 2.59 bits per heavy atom. The number of nitrogens with zero attached hydrogens (tertiary/aromatic N) is 4. The first-order valence-electron chi connectivity index (χ1n) is 8.10. The molecule has 0 saturated carbocycles. The van der Waals surface area contributed by atoms with Crippen LogP contribution in [0.25, 0.3) is 0 Å². The minimum absolute atomic E-state index is 0.143. The summed E-state index contributed by atoms with van der Waals surface area (Å²) in [5, 5.41) is 9.34. The number of carbonyl (C=O) groups is 1. The highest BCUT2D eigenvalue weighted by Crippen LogP contribution is 2.27. The lowest BCUT2D eigenvalue weighted by Gasteiger charge is -2.34. The van der Waals surface area contributed by atoms with Gasteiger partial charge in [0.05, 0.1) is 5.56 Å². The Morgan fingerprint density at radius 1 is 1.27 bits per heavy atom. The number of carbonyl (C=O) groups excluding carboxylic acids is 1. The van der Waals surface area contributed by atoms with Crippen LogP contribution in [0, 0.1) is 24.2 Å². The summed E-state index contributed by atoms with van der Waals surface area (Å²) in [4.78, 5) is 21.0. The van der Waals surface area contributed by atoms with Crippen molar-refractivity contribution in [1.82, 2.24) is 9.88 Å². The van der Waals surface area contributed by atoms with Gasteiger partial charge in [0.1, 0.15) is 11.9 Å². The van der Waals surface area contributed by atoms with Gasteiger partial charge in [-0.25, -0.2) is 4.98 Å². The van der Waals surface area contributed by atoms with E-state index >= 15 is 0 Å². The fraction of sp³-hybridized carbons (Fsp3) is 0.588. The second-order valence-electron chi connectivity index (χ2n) is 6.23. The number of hydrogen-bond acceptors (Lipinski definition) is 4. The molecule has 5 nitrogen and oxygen atoms in total. The number of anilines is 1. The first-order chi connectivity index (χ1) is 10.7. The molecule has 22 heavy (non-hydrogen) atoms. The molecule has 0 aliphatic carbocycles. The van der Waals surface area contributed by atoms with Crippen LogP contribution in [0.2, 0.25) is 0 Å². The van der Waals surface area contributed by atoms with E-state index in [0.717, 1.165) is 63.2 Å². The van der Waals surface area contributed by atoms with Crippen LogP contribution in [0.1, 0.15) is 36.8 Å². The molecule has 0 unspecified atom stereocenters. The number of likely N-dealkylation sites (tertiary alicyclic amines) is 1. The summed E-state index contributed by atoms with van der Waals surface area (Å²) >= 11 is 0. The van der Waals surface area contributed by atoms with Gasteiger partial charge in [-0.1, -0.05) is 0 Å². The lowest BCUT2D eigenvalue weighted by molar-refractivity contribution is -0.135. The number of pyridine rings is 1. The van der Waals surface area contributed by atoms with Gasteiger partial charge >= 0.3 is 0 Å². The van der Waals surface area contributed by atoms with E-state index in [-0.39, 0.29) is 5.92 Å². The first kappa shape index (κ1) is 14.8. The van der Waals surface area contributed by atoms with E-state index < -0.39 is 0 Å². The molecule has 2 aliphatic rings. The molecular weight excluding hydrogens is 276 g/mol. The lowest BCUT2D eigenvalue weighted by atomic mass is 9.95. The molecule has 2 aliphatic heterocycles. The predicted octanol–water partition coefficient (Wildman–Crippen LogP) is 2.10. The minimum atomic E-state index is 0.143. The third kappa shape index (κ3) is 2.78. The van der Waals surface area contributed by atoms with Gasteiger partial charge in [-0.15, -0.1) is 0 Å². The van der Waals surface area contributed by atoms with E-state index in [1.807, 2.05) is 17.9 Å². The average Bonchev–Trinajstić information content (AvgIpc) is 3.08. The van der Waals surface area contributed by atoms with Gasteiger partial charge in [0.25, 0.3) is 0 Å². The van der Waals surface area contributed by atoms with Crippen molar-refractivity contribution in [3.05, 3.63) is 23.4 Å². The van der Waals surface area contributed by atoms with Crippen molar-refractivity contribution >= 4 is 11.7 Å². The van der Waals surface area contributed by atoms with Crippen LogP contribution < -0.4 is 4.90 Å². The average molecular weight is 298 g/mol. The Balaban J connectivity index is 1.66. The topological polar surface area (TPSA) is 60.2 Å². The van der Waals surface area contributed by atoms with Crippen molar-refractivity contribution in [3.8, 4) is 6.07 Å². The molecule has 0 radical (unpaired) electrons. The summed E-state index contributed by atoms with van der Waals surface area (Å²) < 4.78 is 0. The van der Waals surface area contributed by atoms with E-state index in [1.165, 1.54) is 0 Å². The summed E-state index contributed by atoms with van der Waals surface area (Å²) in [6.45, 7) is 5.40.